The van der Waals surface area contributed by atoms with Crippen molar-refractivity contribution < 1.29 is 19.5 Å². The predicted molar refractivity (Wildman–Crippen MR) is 75.0 cm³/mol. The summed E-state index contributed by atoms with van der Waals surface area (Å²) in [5.74, 6) is -1.85. The number of urea groups is 1. The summed E-state index contributed by atoms with van der Waals surface area (Å²) in [4.78, 5) is 33.6. The van der Waals surface area contributed by atoms with Crippen molar-refractivity contribution in [1.29, 1.82) is 0 Å². The lowest BCUT2D eigenvalue weighted by molar-refractivity contribution is -0.142. The predicted octanol–water partition coefficient (Wildman–Crippen LogP) is 0.687. The molecule has 1 unspecified atom stereocenters. The number of nitrogens with one attached hydrogen (secondary N) is 2. The number of hydrogen-bond donors (Lipinski definition) is 4. The van der Waals surface area contributed by atoms with Gasteiger partial charge in [0.1, 0.15) is 0 Å². The summed E-state index contributed by atoms with van der Waals surface area (Å²) in [6.07, 6.45) is 0.495. The Labute approximate surface area is 119 Å². The van der Waals surface area contributed by atoms with Crippen LogP contribution in [-0.2, 0) is 9.59 Å². The molecule has 3 amide bonds. The van der Waals surface area contributed by atoms with Crippen LogP contribution in [0.2, 0.25) is 0 Å². The molecule has 7 heteroatoms. The number of rotatable bonds is 8. The molecule has 0 saturated heterocycles. The number of amides is 3. The molecule has 0 aromatic rings. The second kappa shape index (κ2) is 7.72. The molecule has 0 fully saturated rings. The fourth-order valence-corrected chi connectivity index (χ4v) is 1.89. The molecule has 0 aliphatic carbocycles. The first-order valence-electron chi connectivity index (χ1n) is 6.60. The Hall–Kier alpha value is -1.79. The van der Waals surface area contributed by atoms with Crippen molar-refractivity contribution in [3.63, 3.8) is 0 Å². The lowest BCUT2D eigenvalue weighted by Gasteiger charge is -2.25. The SMILES string of the molecule is CC(C)CC(CNC(=O)NC(C)(C)CC(N)=O)C(=O)O. The zero-order valence-corrected chi connectivity index (χ0v) is 12.5. The Balaban J connectivity index is 4.32. The highest BCUT2D eigenvalue weighted by molar-refractivity contribution is 5.79. The maximum Gasteiger partial charge on any atom is 0.315 e. The maximum absolute atomic E-state index is 11.7. The minimum absolute atomic E-state index is 0.00870. The Morgan fingerprint density at radius 1 is 1.25 bits per heavy atom. The van der Waals surface area contributed by atoms with Gasteiger partial charge in [0, 0.05) is 18.5 Å². The summed E-state index contributed by atoms with van der Waals surface area (Å²) in [5.41, 5.74) is 4.31. The van der Waals surface area contributed by atoms with Gasteiger partial charge in [-0.3, -0.25) is 9.59 Å². The van der Waals surface area contributed by atoms with E-state index in [1.54, 1.807) is 13.8 Å². The molecule has 0 aromatic heterocycles. The molecule has 7 nitrogen and oxygen atoms in total. The molecule has 0 saturated carbocycles. The van der Waals surface area contributed by atoms with E-state index >= 15 is 0 Å². The normalized spacial score (nSPS) is 12.8. The van der Waals surface area contributed by atoms with Gasteiger partial charge in [0.25, 0.3) is 0 Å². The third kappa shape index (κ3) is 8.34. The van der Waals surface area contributed by atoms with E-state index in [0.29, 0.717) is 6.42 Å². The quantitative estimate of drug-likeness (QED) is 0.524. The van der Waals surface area contributed by atoms with Gasteiger partial charge in [-0.25, -0.2) is 4.79 Å². The van der Waals surface area contributed by atoms with Gasteiger partial charge < -0.3 is 21.5 Å². The summed E-state index contributed by atoms with van der Waals surface area (Å²) >= 11 is 0. The van der Waals surface area contributed by atoms with E-state index in [-0.39, 0.29) is 18.9 Å². The number of nitrogens with two attached hydrogens (primary N) is 1. The Kier molecular flexibility index (Phi) is 7.02. The summed E-state index contributed by atoms with van der Waals surface area (Å²) in [6, 6.07) is -0.508. The average molecular weight is 287 g/mol. The fourth-order valence-electron chi connectivity index (χ4n) is 1.89. The molecule has 116 valence electrons. The van der Waals surface area contributed by atoms with Crippen molar-refractivity contribution in [2.24, 2.45) is 17.6 Å². The van der Waals surface area contributed by atoms with E-state index in [2.05, 4.69) is 10.6 Å². The van der Waals surface area contributed by atoms with Gasteiger partial charge in [-0.05, 0) is 26.2 Å². The van der Waals surface area contributed by atoms with Crippen LogP contribution in [0.15, 0.2) is 0 Å². The molecule has 0 bridgehead atoms. The van der Waals surface area contributed by atoms with E-state index < -0.39 is 29.4 Å². The van der Waals surface area contributed by atoms with Crippen LogP contribution in [0.3, 0.4) is 0 Å². The molecule has 0 aliphatic rings. The maximum atomic E-state index is 11.7. The number of primary amides is 1. The first-order chi connectivity index (χ1) is 9.03. The van der Waals surface area contributed by atoms with Gasteiger partial charge in [0.15, 0.2) is 0 Å². The number of carboxylic acid groups (broad SMARTS) is 1. The number of hydrogen-bond acceptors (Lipinski definition) is 3. The molecular formula is C13H25N3O4. The van der Waals surface area contributed by atoms with Crippen LogP contribution in [0.25, 0.3) is 0 Å². The van der Waals surface area contributed by atoms with Crippen molar-refractivity contribution in [2.75, 3.05) is 6.54 Å². The van der Waals surface area contributed by atoms with Gasteiger partial charge in [0.05, 0.1) is 5.92 Å². The van der Waals surface area contributed by atoms with Gasteiger partial charge in [-0.1, -0.05) is 13.8 Å². The molecule has 0 radical (unpaired) electrons. The fraction of sp³-hybridized carbons (Fsp3) is 0.769. The second-order valence-electron chi connectivity index (χ2n) is 6.03. The Morgan fingerprint density at radius 3 is 2.20 bits per heavy atom. The first-order valence-corrected chi connectivity index (χ1v) is 6.60. The highest BCUT2D eigenvalue weighted by Gasteiger charge is 2.24. The van der Waals surface area contributed by atoms with Crippen molar-refractivity contribution in [3.05, 3.63) is 0 Å². The monoisotopic (exact) mass is 287 g/mol. The smallest absolute Gasteiger partial charge is 0.315 e. The molecule has 0 heterocycles. The highest BCUT2D eigenvalue weighted by Crippen LogP contribution is 2.11. The molecule has 20 heavy (non-hydrogen) atoms. The lowest BCUT2D eigenvalue weighted by Crippen LogP contribution is -2.51. The van der Waals surface area contributed by atoms with Crippen LogP contribution in [-0.4, -0.2) is 35.1 Å². The number of carbonyl (C=O) groups is 3. The minimum Gasteiger partial charge on any atom is -0.481 e. The molecule has 0 spiro atoms. The van der Waals surface area contributed by atoms with E-state index in [1.165, 1.54) is 0 Å². The molecule has 0 aromatic carbocycles. The van der Waals surface area contributed by atoms with Gasteiger partial charge in [-0.2, -0.15) is 0 Å². The summed E-state index contributed by atoms with van der Waals surface area (Å²) < 4.78 is 0. The number of aliphatic carboxylic acids is 1. The largest absolute Gasteiger partial charge is 0.481 e. The first kappa shape index (κ1) is 18.2. The van der Waals surface area contributed by atoms with Gasteiger partial charge >= 0.3 is 12.0 Å². The van der Waals surface area contributed by atoms with E-state index in [4.69, 9.17) is 10.8 Å². The second-order valence-corrected chi connectivity index (χ2v) is 6.03. The minimum atomic E-state index is -0.935. The zero-order chi connectivity index (χ0) is 15.9. The van der Waals surface area contributed by atoms with Crippen LogP contribution in [0.4, 0.5) is 4.79 Å². The van der Waals surface area contributed by atoms with Crippen LogP contribution in [0.5, 0.6) is 0 Å². The third-order valence-electron chi connectivity index (χ3n) is 2.68. The van der Waals surface area contributed by atoms with Crippen LogP contribution >= 0.6 is 0 Å². The zero-order valence-electron chi connectivity index (χ0n) is 12.5. The molecule has 0 aliphatic heterocycles. The third-order valence-corrected chi connectivity index (χ3v) is 2.68. The van der Waals surface area contributed by atoms with Crippen LogP contribution in [0.1, 0.15) is 40.5 Å². The van der Waals surface area contributed by atoms with Crippen molar-refractivity contribution in [3.8, 4) is 0 Å². The topological polar surface area (TPSA) is 122 Å². The standard InChI is InChI=1S/C13H25N3O4/c1-8(2)5-9(11(18)19)7-15-12(20)16-13(3,4)6-10(14)17/h8-9H,5-7H2,1-4H3,(H2,14,17)(H,18,19)(H2,15,16,20). The highest BCUT2D eigenvalue weighted by atomic mass is 16.4. The van der Waals surface area contributed by atoms with Crippen molar-refractivity contribution >= 4 is 17.9 Å². The van der Waals surface area contributed by atoms with Gasteiger partial charge in [0.2, 0.25) is 5.91 Å². The van der Waals surface area contributed by atoms with E-state index in [1.807, 2.05) is 13.8 Å². The number of carboxylic acids is 1. The van der Waals surface area contributed by atoms with E-state index in [0.717, 1.165) is 0 Å². The Bertz CT molecular complexity index is 367. The molecule has 0 rings (SSSR count). The average Bonchev–Trinajstić information content (AvgIpc) is 2.20. The van der Waals surface area contributed by atoms with E-state index in [9.17, 15) is 14.4 Å². The number of carbonyl (C=O) groups excluding carboxylic acids is 2. The van der Waals surface area contributed by atoms with Crippen LogP contribution < -0.4 is 16.4 Å². The summed E-state index contributed by atoms with van der Waals surface area (Å²) in [6.45, 7) is 7.23. The summed E-state index contributed by atoms with van der Waals surface area (Å²) in [5, 5.41) is 14.2. The van der Waals surface area contributed by atoms with Crippen LogP contribution in [0, 0.1) is 11.8 Å². The molecular weight excluding hydrogens is 262 g/mol. The Morgan fingerprint density at radius 2 is 1.80 bits per heavy atom. The van der Waals surface area contributed by atoms with Gasteiger partial charge in [-0.15, -0.1) is 0 Å². The lowest BCUT2D eigenvalue weighted by atomic mass is 9.97. The van der Waals surface area contributed by atoms with Crippen molar-refractivity contribution in [1.82, 2.24) is 10.6 Å². The molecule has 1 atom stereocenters. The summed E-state index contributed by atoms with van der Waals surface area (Å²) in [7, 11) is 0. The van der Waals surface area contributed by atoms with Crippen molar-refractivity contribution in [2.45, 2.75) is 46.1 Å². The molecule has 5 N–H and O–H groups in total.